The molecule has 0 spiro atoms. The normalized spacial score (nSPS) is 20.1. The fraction of sp³-hybridized carbons (Fsp3) is 0.533. The Bertz CT molecular complexity index is 464. The monoisotopic (exact) mass is 244 g/mol. The number of benzene rings is 1. The van der Waals surface area contributed by atoms with Crippen molar-refractivity contribution in [3.05, 3.63) is 29.3 Å². The van der Waals surface area contributed by atoms with Gasteiger partial charge in [-0.3, -0.25) is 9.69 Å². The number of nitrogens with zero attached hydrogens (tertiary/aromatic N) is 1. The van der Waals surface area contributed by atoms with Gasteiger partial charge in [0.2, 0.25) is 5.91 Å². The second kappa shape index (κ2) is 4.73. The van der Waals surface area contributed by atoms with Crippen LogP contribution in [0, 0.1) is 5.92 Å². The molecule has 0 aromatic heterocycles. The molecule has 3 rings (SSSR count). The molecule has 2 aliphatic rings. The summed E-state index contributed by atoms with van der Waals surface area (Å²) in [5.74, 6) is 0.444. The summed E-state index contributed by atoms with van der Waals surface area (Å²) in [7, 11) is 2.12. The van der Waals surface area contributed by atoms with E-state index < -0.39 is 0 Å². The van der Waals surface area contributed by atoms with E-state index in [1.807, 2.05) is 6.07 Å². The Hall–Kier alpha value is -1.35. The molecule has 1 amide bonds. The molecule has 96 valence electrons. The zero-order chi connectivity index (χ0) is 12.5. The number of rotatable bonds is 2. The number of carbonyl (C=O) groups is 1. The molecule has 1 saturated carbocycles. The standard InChI is InChI=1S/C15H20N2O/c1-17-9-12-6-7-14(8-13(12)10-17)16-15(18)11-4-2-3-5-11/h6-8,11H,2-5,9-10H2,1H3,(H,16,18). The summed E-state index contributed by atoms with van der Waals surface area (Å²) in [6.07, 6.45) is 4.51. The minimum Gasteiger partial charge on any atom is -0.326 e. The predicted molar refractivity (Wildman–Crippen MR) is 72.2 cm³/mol. The fourth-order valence-electron chi connectivity index (χ4n) is 3.07. The van der Waals surface area contributed by atoms with Crippen LogP contribution < -0.4 is 5.32 Å². The number of carbonyl (C=O) groups excluding carboxylic acids is 1. The fourth-order valence-corrected chi connectivity index (χ4v) is 3.07. The van der Waals surface area contributed by atoms with E-state index >= 15 is 0 Å². The number of hydrogen-bond donors (Lipinski definition) is 1. The SMILES string of the molecule is CN1Cc2ccc(NC(=O)C3CCCC3)cc2C1. The van der Waals surface area contributed by atoms with Gasteiger partial charge in [0.15, 0.2) is 0 Å². The summed E-state index contributed by atoms with van der Waals surface area (Å²) < 4.78 is 0. The Balaban J connectivity index is 1.70. The van der Waals surface area contributed by atoms with Gasteiger partial charge in [-0.25, -0.2) is 0 Å². The van der Waals surface area contributed by atoms with Gasteiger partial charge in [0.05, 0.1) is 0 Å². The molecule has 0 saturated heterocycles. The maximum absolute atomic E-state index is 12.1. The highest BCUT2D eigenvalue weighted by Crippen LogP contribution is 2.28. The van der Waals surface area contributed by atoms with Crippen LogP contribution in [-0.4, -0.2) is 17.9 Å². The van der Waals surface area contributed by atoms with Crippen LogP contribution in [0.25, 0.3) is 0 Å². The van der Waals surface area contributed by atoms with E-state index in [4.69, 9.17) is 0 Å². The molecule has 0 atom stereocenters. The van der Waals surface area contributed by atoms with Crippen LogP contribution in [0.15, 0.2) is 18.2 Å². The molecule has 1 fully saturated rings. The topological polar surface area (TPSA) is 32.3 Å². The summed E-state index contributed by atoms with van der Waals surface area (Å²) in [5.41, 5.74) is 3.69. The molecule has 1 aliphatic carbocycles. The lowest BCUT2D eigenvalue weighted by molar-refractivity contribution is -0.119. The summed E-state index contributed by atoms with van der Waals surface area (Å²) >= 11 is 0. The number of anilines is 1. The van der Waals surface area contributed by atoms with Gasteiger partial charge in [-0.2, -0.15) is 0 Å². The zero-order valence-corrected chi connectivity index (χ0v) is 10.9. The van der Waals surface area contributed by atoms with Crippen molar-refractivity contribution in [3.63, 3.8) is 0 Å². The number of fused-ring (bicyclic) bond motifs is 1. The van der Waals surface area contributed by atoms with Crippen LogP contribution in [0.4, 0.5) is 5.69 Å². The van der Waals surface area contributed by atoms with Crippen molar-refractivity contribution in [3.8, 4) is 0 Å². The Labute approximate surface area is 108 Å². The molecule has 1 N–H and O–H groups in total. The minimum atomic E-state index is 0.207. The highest BCUT2D eigenvalue weighted by atomic mass is 16.1. The maximum Gasteiger partial charge on any atom is 0.227 e. The first kappa shape index (κ1) is 11.7. The third kappa shape index (κ3) is 2.27. The summed E-state index contributed by atoms with van der Waals surface area (Å²) in [6.45, 7) is 2.01. The zero-order valence-electron chi connectivity index (χ0n) is 10.9. The van der Waals surface area contributed by atoms with Gasteiger partial charge in [0.25, 0.3) is 0 Å². The molecule has 1 aromatic rings. The Morgan fingerprint density at radius 3 is 2.72 bits per heavy atom. The van der Waals surface area contributed by atoms with Crippen molar-refractivity contribution in [2.75, 3.05) is 12.4 Å². The third-order valence-corrected chi connectivity index (χ3v) is 4.08. The summed E-state index contributed by atoms with van der Waals surface area (Å²) in [4.78, 5) is 14.3. The first-order valence-electron chi connectivity index (χ1n) is 6.83. The van der Waals surface area contributed by atoms with Gasteiger partial charge in [-0.05, 0) is 43.1 Å². The quantitative estimate of drug-likeness (QED) is 0.867. The lowest BCUT2D eigenvalue weighted by atomic mass is 10.1. The lowest BCUT2D eigenvalue weighted by Crippen LogP contribution is -2.20. The van der Waals surface area contributed by atoms with E-state index in [9.17, 15) is 4.79 Å². The average Bonchev–Trinajstić information content (AvgIpc) is 2.95. The van der Waals surface area contributed by atoms with E-state index in [1.165, 1.54) is 24.0 Å². The first-order valence-corrected chi connectivity index (χ1v) is 6.83. The van der Waals surface area contributed by atoms with Gasteiger partial charge in [-0.1, -0.05) is 18.9 Å². The van der Waals surface area contributed by atoms with E-state index in [0.717, 1.165) is 31.6 Å². The van der Waals surface area contributed by atoms with Crippen LogP contribution in [0.2, 0.25) is 0 Å². The molecule has 1 aliphatic heterocycles. The van der Waals surface area contributed by atoms with E-state index in [0.29, 0.717) is 0 Å². The first-order chi connectivity index (χ1) is 8.72. The van der Waals surface area contributed by atoms with Crippen molar-refractivity contribution < 1.29 is 4.79 Å². The van der Waals surface area contributed by atoms with Gasteiger partial charge in [0.1, 0.15) is 0 Å². The molecular formula is C15H20N2O. The highest BCUT2D eigenvalue weighted by molar-refractivity contribution is 5.92. The Morgan fingerprint density at radius 1 is 1.22 bits per heavy atom. The third-order valence-electron chi connectivity index (χ3n) is 4.08. The van der Waals surface area contributed by atoms with Crippen LogP contribution >= 0.6 is 0 Å². The summed E-state index contributed by atoms with van der Waals surface area (Å²) in [6, 6.07) is 6.31. The van der Waals surface area contributed by atoms with Crippen LogP contribution in [-0.2, 0) is 17.9 Å². The van der Waals surface area contributed by atoms with Gasteiger partial charge < -0.3 is 5.32 Å². The molecular weight excluding hydrogens is 224 g/mol. The smallest absolute Gasteiger partial charge is 0.227 e. The molecule has 0 bridgehead atoms. The number of hydrogen-bond acceptors (Lipinski definition) is 2. The van der Waals surface area contributed by atoms with Crippen LogP contribution in [0.5, 0.6) is 0 Å². The molecule has 18 heavy (non-hydrogen) atoms. The second-order valence-corrected chi connectivity index (χ2v) is 5.63. The van der Waals surface area contributed by atoms with E-state index in [-0.39, 0.29) is 11.8 Å². The molecule has 0 unspecified atom stereocenters. The van der Waals surface area contributed by atoms with Crippen molar-refractivity contribution in [1.82, 2.24) is 4.90 Å². The van der Waals surface area contributed by atoms with Gasteiger partial charge in [-0.15, -0.1) is 0 Å². The predicted octanol–water partition coefficient (Wildman–Crippen LogP) is 2.76. The lowest BCUT2D eigenvalue weighted by Gasteiger charge is -2.11. The molecule has 1 aromatic carbocycles. The second-order valence-electron chi connectivity index (χ2n) is 5.63. The van der Waals surface area contributed by atoms with Gasteiger partial charge in [0, 0.05) is 24.7 Å². The average molecular weight is 244 g/mol. The number of amides is 1. The van der Waals surface area contributed by atoms with Crippen LogP contribution in [0.3, 0.4) is 0 Å². The molecule has 1 heterocycles. The molecule has 3 heteroatoms. The summed E-state index contributed by atoms with van der Waals surface area (Å²) in [5, 5.41) is 3.07. The van der Waals surface area contributed by atoms with Crippen molar-refractivity contribution in [2.45, 2.75) is 38.8 Å². The van der Waals surface area contributed by atoms with Crippen LogP contribution in [0.1, 0.15) is 36.8 Å². The minimum absolute atomic E-state index is 0.207. The molecule has 3 nitrogen and oxygen atoms in total. The van der Waals surface area contributed by atoms with E-state index in [1.54, 1.807) is 0 Å². The highest BCUT2D eigenvalue weighted by Gasteiger charge is 2.23. The van der Waals surface area contributed by atoms with Crippen molar-refractivity contribution in [2.24, 2.45) is 5.92 Å². The number of nitrogens with one attached hydrogen (secondary N) is 1. The van der Waals surface area contributed by atoms with Crippen molar-refractivity contribution in [1.29, 1.82) is 0 Å². The Kier molecular flexibility index (Phi) is 3.08. The Morgan fingerprint density at radius 2 is 1.94 bits per heavy atom. The largest absolute Gasteiger partial charge is 0.326 e. The molecule has 0 radical (unpaired) electrons. The van der Waals surface area contributed by atoms with Gasteiger partial charge >= 0.3 is 0 Å². The van der Waals surface area contributed by atoms with E-state index in [2.05, 4.69) is 29.4 Å². The van der Waals surface area contributed by atoms with Crippen molar-refractivity contribution >= 4 is 11.6 Å². The maximum atomic E-state index is 12.1.